The summed E-state index contributed by atoms with van der Waals surface area (Å²) >= 11 is 0. The Balaban J connectivity index is 0.000000282. The quantitative estimate of drug-likeness (QED) is 0.100. The third-order valence-corrected chi connectivity index (χ3v) is 7.49. The number of anilines is 1. The van der Waals surface area contributed by atoms with Crippen LogP contribution in [0.4, 0.5) is 5.69 Å². The van der Waals surface area contributed by atoms with Crippen LogP contribution in [0.25, 0.3) is 5.53 Å². The van der Waals surface area contributed by atoms with Gasteiger partial charge >= 0.3 is 5.71 Å². The second-order valence-electron chi connectivity index (χ2n) is 9.63. The number of unbranched alkanes of at least 4 members (excludes halogenated alkanes) is 9. The first-order chi connectivity index (χ1) is 18.9. The van der Waals surface area contributed by atoms with Gasteiger partial charge < -0.3 is 15.6 Å². The van der Waals surface area contributed by atoms with Gasteiger partial charge in [-0.1, -0.05) is 101 Å². The maximum Gasteiger partial charge on any atom is 0.337 e. The van der Waals surface area contributed by atoms with E-state index in [1.807, 2.05) is 48.6 Å². The molecule has 0 spiro atoms. The standard InChI is InChI=1S/C18H30O3S.C13H13N3O/c1-2-3-4-5-6-7-8-9-10-11-14-17-15-12-13-16-18(17)22(19,20)21;1-17-13-9-11(7-8-12(13)16-14)15-10-5-3-2-4-6-10/h12-13,15-16H,2-11,14H2,1H3,(H,19,20,21);2-7,9,15H,8H2,1H3. The van der Waals surface area contributed by atoms with Gasteiger partial charge in [0.25, 0.3) is 10.1 Å². The van der Waals surface area contributed by atoms with Crippen LogP contribution in [-0.4, -0.2) is 30.6 Å². The van der Waals surface area contributed by atoms with Gasteiger partial charge in [0.05, 0.1) is 18.4 Å². The number of ether oxygens (including phenoxy) is 1. The Morgan fingerprint density at radius 3 is 2.08 bits per heavy atom. The fourth-order valence-electron chi connectivity index (χ4n) is 4.40. The maximum absolute atomic E-state index is 11.3. The van der Waals surface area contributed by atoms with E-state index in [1.165, 1.54) is 57.4 Å². The molecule has 212 valence electrons. The smallest absolute Gasteiger partial charge is 0.337 e. The molecule has 0 heterocycles. The maximum atomic E-state index is 11.3. The number of nitrogens with zero attached hydrogens (tertiary/aromatic N) is 2. The van der Waals surface area contributed by atoms with Gasteiger partial charge in [0, 0.05) is 17.5 Å². The average Bonchev–Trinajstić information content (AvgIpc) is 2.94. The van der Waals surface area contributed by atoms with Crippen molar-refractivity contribution in [1.29, 1.82) is 0 Å². The van der Waals surface area contributed by atoms with E-state index in [0.717, 1.165) is 29.8 Å². The van der Waals surface area contributed by atoms with Crippen LogP contribution < -0.4 is 5.32 Å². The first kappa shape index (κ1) is 32.0. The zero-order chi connectivity index (χ0) is 28.3. The van der Waals surface area contributed by atoms with Crippen molar-refractivity contribution in [3.05, 3.63) is 89.3 Å². The van der Waals surface area contributed by atoms with Gasteiger partial charge in [-0.25, -0.2) is 0 Å². The largest absolute Gasteiger partial charge is 0.490 e. The summed E-state index contributed by atoms with van der Waals surface area (Å²) < 4.78 is 36.9. The van der Waals surface area contributed by atoms with E-state index in [4.69, 9.17) is 10.3 Å². The second kappa shape index (κ2) is 18.2. The first-order valence-corrected chi connectivity index (χ1v) is 15.4. The number of benzene rings is 2. The van der Waals surface area contributed by atoms with Gasteiger partial charge in [-0.2, -0.15) is 13.2 Å². The summed E-state index contributed by atoms with van der Waals surface area (Å²) in [4.78, 5) is 3.25. The lowest BCUT2D eigenvalue weighted by Gasteiger charge is -2.12. The van der Waals surface area contributed by atoms with Crippen molar-refractivity contribution in [2.24, 2.45) is 0 Å². The Morgan fingerprint density at radius 2 is 1.49 bits per heavy atom. The van der Waals surface area contributed by atoms with Gasteiger partial charge in [0.1, 0.15) is 0 Å². The highest BCUT2D eigenvalue weighted by molar-refractivity contribution is 7.85. The Kier molecular flexibility index (Phi) is 14.9. The lowest BCUT2D eigenvalue weighted by atomic mass is 10.0. The molecule has 0 aliphatic heterocycles. The van der Waals surface area contributed by atoms with Crippen LogP contribution in [0.5, 0.6) is 0 Å². The number of hydrogen-bond donors (Lipinski definition) is 2. The molecule has 0 atom stereocenters. The molecule has 0 amide bonds. The van der Waals surface area contributed by atoms with E-state index in [0.29, 0.717) is 24.3 Å². The molecule has 1 aliphatic rings. The fraction of sp³-hybridized carbons (Fsp3) is 0.452. The van der Waals surface area contributed by atoms with Crippen LogP contribution in [0.2, 0.25) is 0 Å². The molecule has 0 radical (unpaired) electrons. The highest BCUT2D eigenvalue weighted by Gasteiger charge is 2.20. The molecule has 2 aromatic carbocycles. The van der Waals surface area contributed by atoms with Crippen LogP contribution in [0.1, 0.15) is 83.1 Å². The van der Waals surface area contributed by atoms with Crippen molar-refractivity contribution in [2.75, 3.05) is 12.4 Å². The van der Waals surface area contributed by atoms with Crippen molar-refractivity contribution in [3.63, 3.8) is 0 Å². The monoisotopic (exact) mass is 553 g/mol. The molecule has 0 saturated heterocycles. The van der Waals surface area contributed by atoms with Gasteiger partial charge in [-0.05, 0) is 42.7 Å². The molecule has 0 fully saturated rings. The minimum Gasteiger partial charge on any atom is -0.490 e. The lowest BCUT2D eigenvalue weighted by Crippen LogP contribution is -2.12. The molecular formula is C31H43N3O4S. The normalized spacial score (nSPS) is 12.9. The predicted molar refractivity (Wildman–Crippen MR) is 158 cm³/mol. The van der Waals surface area contributed by atoms with Crippen LogP contribution >= 0.6 is 0 Å². The van der Waals surface area contributed by atoms with E-state index in [2.05, 4.69) is 17.0 Å². The minimum absolute atomic E-state index is 0.0610. The third kappa shape index (κ3) is 12.5. The molecular weight excluding hydrogens is 510 g/mol. The summed E-state index contributed by atoms with van der Waals surface area (Å²) in [5, 5.41) is 3.26. The molecule has 0 unspecified atom stereocenters. The summed E-state index contributed by atoms with van der Waals surface area (Å²) in [6, 6.07) is 16.6. The van der Waals surface area contributed by atoms with E-state index >= 15 is 0 Å². The number of methoxy groups -OCH3 is 1. The third-order valence-electron chi connectivity index (χ3n) is 6.54. The second-order valence-corrected chi connectivity index (χ2v) is 11.0. The molecule has 2 aromatic rings. The Morgan fingerprint density at radius 1 is 0.897 bits per heavy atom. The van der Waals surface area contributed by atoms with Gasteiger partial charge in [-0.3, -0.25) is 4.55 Å². The topological polar surface area (TPSA) is 112 Å². The minimum atomic E-state index is -4.10. The van der Waals surface area contributed by atoms with Crippen LogP contribution in [0.3, 0.4) is 0 Å². The summed E-state index contributed by atoms with van der Waals surface area (Å²) in [5.41, 5.74) is 12.0. The molecule has 0 saturated carbocycles. The number of allylic oxidation sites excluding steroid dienone is 3. The van der Waals surface area contributed by atoms with Gasteiger partial charge in [0.2, 0.25) is 5.76 Å². The van der Waals surface area contributed by atoms with Crippen LogP contribution in [-0.2, 0) is 21.3 Å². The molecule has 39 heavy (non-hydrogen) atoms. The average molecular weight is 554 g/mol. The highest BCUT2D eigenvalue weighted by atomic mass is 32.2. The zero-order valence-corrected chi connectivity index (χ0v) is 24.1. The Bertz CT molecular complexity index is 1220. The van der Waals surface area contributed by atoms with E-state index in [9.17, 15) is 13.0 Å². The molecule has 7 nitrogen and oxygen atoms in total. The summed E-state index contributed by atoms with van der Waals surface area (Å²) in [6.07, 6.45) is 17.6. The van der Waals surface area contributed by atoms with Crippen molar-refractivity contribution >= 4 is 21.5 Å². The number of rotatable bonds is 15. The van der Waals surface area contributed by atoms with Gasteiger partial charge in [0.15, 0.2) is 0 Å². The van der Waals surface area contributed by atoms with Gasteiger partial charge in [-0.15, -0.1) is 0 Å². The zero-order valence-electron chi connectivity index (χ0n) is 23.3. The van der Waals surface area contributed by atoms with Crippen molar-refractivity contribution < 1.29 is 22.5 Å². The van der Waals surface area contributed by atoms with E-state index in [-0.39, 0.29) is 4.90 Å². The van der Waals surface area contributed by atoms with Crippen molar-refractivity contribution in [1.82, 2.24) is 0 Å². The van der Waals surface area contributed by atoms with Crippen LogP contribution in [0.15, 0.2) is 83.1 Å². The summed E-state index contributed by atoms with van der Waals surface area (Å²) in [7, 11) is -2.54. The predicted octanol–water partition coefficient (Wildman–Crippen LogP) is 7.98. The molecule has 0 bridgehead atoms. The molecule has 0 aromatic heterocycles. The molecule has 3 rings (SSSR count). The molecule has 8 heteroatoms. The van der Waals surface area contributed by atoms with Crippen LogP contribution in [0, 0.1) is 0 Å². The summed E-state index contributed by atoms with van der Waals surface area (Å²) in [6.45, 7) is 2.24. The van der Waals surface area contributed by atoms with E-state index in [1.54, 1.807) is 19.2 Å². The molecule has 1 aliphatic carbocycles. The van der Waals surface area contributed by atoms with Crippen molar-refractivity contribution in [3.8, 4) is 0 Å². The fourth-order valence-corrected chi connectivity index (χ4v) is 5.15. The van der Waals surface area contributed by atoms with Crippen molar-refractivity contribution in [2.45, 2.75) is 88.9 Å². The SMILES string of the molecule is CCCCCCCCCCCCc1ccccc1S(=O)(=O)O.COC1=CC(Nc2ccccc2)=CCC1=[N+]=[N-]. The Hall–Kier alpha value is -3.19. The number of para-hydroxylation sites is 1. The van der Waals surface area contributed by atoms with E-state index < -0.39 is 10.1 Å². The first-order valence-electron chi connectivity index (χ1n) is 13.9. The lowest BCUT2D eigenvalue weighted by molar-refractivity contribution is -0.0109. The number of nitrogens with one attached hydrogen (secondary N) is 1. The highest BCUT2D eigenvalue weighted by Crippen LogP contribution is 2.19. The summed E-state index contributed by atoms with van der Waals surface area (Å²) in [5.74, 6) is 0.577. The number of hydrogen-bond acceptors (Lipinski definition) is 4. The Labute approximate surface area is 234 Å². The molecule has 2 N–H and O–H groups in total. The number of aryl methyl sites for hydroxylation is 1.